The van der Waals surface area contributed by atoms with E-state index in [-0.39, 0.29) is 0 Å². The lowest BCUT2D eigenvalue weighted by atomic mass is 9.89. The van der Waals surface area contributed by atoms with Crippen LogP contribution in [0.3, 0.4) is 0 Å². The summed E-state index contributed by atoms with van der Waals surface area (Å²) in [6.07, 6.45) is 5.85. The van der Waals surface area contributed by atoms with E-state index in [4.69, 9.17) is 10.5 Å². The number of anilines is 1. The van der Waals surface area contributed by atoms with Gasteiger partial charge in [0.15, 0.2) is 0 Å². The van der Waals surface area contributed by atoms with Crippen molar-refractivity contribution in [2.45, 2.75) is 39.0 Å². The summed E-state index contributed by atoms with van der Waals surface area (Å²) in [6.45, 7) is 3.50. The van der Waals surface area contributed by atoms with Crippen molar-refractivity contribution in [2.24, 2.45) is 5.92 Å². The number of rotatable bonds is 5. The largest absolute Gasteiger partial charge is 0.354 e. The Balaban J connectivity index is 2.05. The Bertz CT molecular complexity index is 765. The highest BCUT2D eigenvalue weighted by Gasteiger charge is 2.24. The summed E-state index contributed by atoms with van der Waals surface area (Å²) in [7, 11) is 0. The van der Waals surface area contributed by atoms with E-state index in [9.17, 15) is 0 Å². The standard InChI is InChI=1S/C17H19N5S/c1-12-4-5-13-14(10-12)23-17-15(13)16(20-11-21-17)22(8-2-6-18)9-3-7-19/h11-12H,2-5,8-10H2,1H3. The van der Waals surface area contributed by atoms with Gasteiger partial charge in [-0.05, 0) is 30.7 Å². The number of aryl methyl sites for hydroxylation is 1. The summed E-state index contributed by atoms with van der Waals surface area (Å²) in [5, 5.41) is 19.0. The topological polar surface area (TPSA) is 76.6 Å². The van der Waals surface area contributed by atoms with Crippen LogP contribution in [0.4, 0.5) is 5.82 Å². The number of thiophene rings is 1. The predicted molar refractivity (Wildman–Crippen MR) is 91.3 cm³/mol. The summed E-state index contributed by atoms with van der Waals surface area (Å²) in [5.74, 6) is 1.62. The highest BCUT2D eigenvalue weighted by molar-refractivity contribution is 7.19. The van der Waals surface area contributed by atoms with Gasteiger partial charge in [-0.15, -0.1) is 11.3 Å². The molecule has 0 fully saturated rings. The maximum Gasteiger partial charge on any atom is 0.141 e. The fourth-order valence-electron chi connectivity index (χ4n) is 3.19. The first kappa shape index (κ1) is 15.7. The molecule has 0 radical (unpaired) electrons. The monoisotopic (exact) mass is 325 g/mol. The summed E-state index contributed by atoms with van der Waals surface area (Å²) < 4.78 is 0. The second kappa shape index (κ2) is 6.93. The molecule has 1 aliphatic carbocycles. The Morgan fingerprint density at radius 3 is 2.70 bits per heavy atom. The summed E-state index contributed by atoms with van der Waals surface area (Å²) in [6, 6.07) is 4.38. The molecular formula is C17H19N5S. The molecule has 0 saturated heterocycles. The third-order valence-corrected chi connectivity index (χ3v) is 5.52. The lowest BCUT2D eigenvalue weighted by Gasteiger charge is -2.23. The number of nitriles is 2. The van der Waals surface area contributed by atoms with Gasteiger partial charge in [-0.25, -0.2) is 9.97 Å². The van der Waals surface area contributed by atoms with E-state index in [1.165, 1.54) is 16.9 Å². The normalized spacial score (nSPS) is 16.6. The summed E-state index contributed by atoms with van der Waals surface area (Å²) in [5.41, 5.74) is 1.39. The van der Waals surface area contributed by atoms with Gasteiger partial charge in [0, 0.05) is 18.0 Å². The van der Waals surface area contributed by atoms with Crippen molar-refractivity contribution in [2.75, 3.05) is 18.0 Å². The second-order valence-electron chi connectivity index (χ2n) is 6.03. The SMILES string of the molecule is CC1CCc2c(sc3ncnc(N(CCC#N)CCC#N)c23)C1. The highest BCUT2D eigenvalue weighted by atomic mass is 32.1. The smallest absolute Gasteiger partial charge is 0.141 e. The van der Waals surface area contributed by atoms with Crippen LogP contribution in [0, 0.1) is 28.6 Å². The Morgan fingerprint density at radius 1 is 1.26 bits per heavy atom. The lowest BCUT2D eigenvalue weighted by molar-refractivity contribution is 0.509. The van der Waals surface area contributed by atoms with Gasteiger partial charge in [0.1, 0.15) is 17.0 Å². The molecule has 0 amide bonds. The highest BCUT2D eigenvalue weighted by Crippen LogP contribution is 2.40. The maximum absolute atomic E-state index is 8.91. The van der Waals surface area contributed by atoms with Crippen molar-refractivity contribution in [3.05, 3.63) is 16.8 Å². The molecule has 2 aromatic rings. The molecule has 1 aliphatic rings. The minimum Gasteiger partial charge on any atom is -0.354 e. The van der Waals surface area contributed by atoms with Gasteiger partial charge in [0.05, 0.1) is 30.4 Å². The fourth-order valence-corrected chi connectivity index (χ4v) is 4.54. The summed E-state index contributed by atoms with van der Waals surface area (Å²) in [4.78, 5) is 13.5. The van der Waals surface area contributed by atoms with Crippen molar-refractivity contribution in [3.8, 4) is 12.1 Å². The minimum absolute atomic E-state index is 0.431. The van der Waals surface area contributed by atoms with E-state index >= 15 is 0 Å². The van der Waals surface area contributed by atoms with Crippen LogP contribution >= 0.6 is 11.3 Å². The van der Waals surface area contributed by atoms with Gasteiger partial charge in [0.2, 0.25) is 0 Å². The van der Waals surface area contributed by atoms with E-state index in [2.05, 4.69) is 33.9 Å². The third-order valence-electron chi connectivity index (χ3n) is 4.36. The molecule has 0 saturated carbocycles. The Morgan fingerprint density at radius 2 is 2.00 bits per heavy atom. The molecule has 0 aliphatic heterocycles. The number of aromatic nitrogens is 2. The van der Waals surface area contributed by atoms with E-state index in [1.807, 2.05) is 0 Å². The van der Waals surface area contributed by atoms with Gasteiger partial charge in [-0.2, -0.15) is 10.5 Å². The van der Waals surface area contributed by atoms with E-state index in [0.717, 1.165) is 34.8 Å². The maximum atomic E-state index is 8.91. The van der Waals surface area contributed by atoms with E-state index < -0.39 is 0 Å². The zero-order valence-corrected chi connectivity index (χ0v) is 14.1. The van der Waals surface area contributed by atoms with Crippen molar-refractivity contribution in [1.82, 2.24) is 9.97 Å². The van der Waals surface area contributed by atoms with Gasteiger partial charge >= 0.3 is 0 Å². The first-order valence-electron chi connectivity index (χ1n) is 7.98. The number of fused-ring (bicyclic) bond motifs is 3. The van der Waals surface area contributed by atoms with Crippen LogP contribution in [0.2, 0.25) is 0 Å². The summed E-state index contributed by atoms with van der Waals surface area (Å²) >= 11 is 1.77. The molecule has 2 heterocycles. The van der Waals surface area contributed by atoms with Crippen LogP contribution in [0.5, 0.6) is 0 Å². The molecule has 2 aromatic heterocycles. The van der Waals surface area contributed by atoms with Crippen LogP contribution in [-0.2, 0) is 12.8 Å². The van der Waals surface area contributed by atoms with E-state index in [1.54, 1.807) is 17.7 Å². The number of hydrogen-bond acceptors (Lipinski definition) is 6. The second-order valence-corrected chi connectivity index (χ2v) is 7.12. The quantitative estimate of drug-likeness (QED) is 0.841. The molecule has 6 heteroatoms. The number of nitrogens with zero attached hydrogens (tertiary/aromatic N) is 5. The van der Waals surface area contributed by atoms with Gasteiger partial charge in [-0.3, -0.25) is 0 Å². The molecular weight excluding hydrogens is 306 g/mol. The zero-order valence-electron chi connectivity index (χ0n) is 13.2. The zero-order chi connectivity index (χ0) is 16.2. The van der Waals surface area contributed by atoms with Crippen molar-refractivity contribution in [1.29, 1.82) is 10.5 Å². The van der Waals surface area contributed by atoms with Gasteiger partial charge in [-0.1, -0.05) is 6.92 Å². The van der Waals surface area contributed by atoms with Crippen LogP contribution in [-0.4, -0.2) is 23.1 Å². The van der Waals surface area contributed by atoms with Crippen LogP contribution in [0.25, 0.3) is 10.2 Å². The first-order chi connectivity index (χ1) is 11.2. The van der Waals surface area contributed by atoms with Gasteiger partial charge < -0.3 is 4.90 Å². The average Bonchev–Trinajstić information content (AvgIpc) is 2.92. The Labute approximate surface area is 140 Å². The molecule has 23 heavy (non-hydrogen) atoms. The Hall–Kier alpha value is -2.18. The molecule has 0 N–H and O–H groups in total. The molecule has 1 atom stereocenters. The van der Waals surface area contributed by atoms with Crippen molar-refractivity contribution >= 4 is 27.4 Å². The molecule has 0 aromatic carbocycles. The van der Waals surface area contributed by atoms with Crippen LogP contribution in [0.1, 0.15) is 36.6 Å². The lowest BCUT2D eigenvalue weighted by Crippen LogP contribution is -2.26. The van der Waals surface area contributed by atoms with Crippen LogP contribution in [0.15, 0.2) is 6.33 Å². The third kappa shape index (κ3) is 3.13. The van der Waals surface area contributed by atoms with E-state index in [0.29, 0.717) is 25.9 Å². The van der Waals surface area contributed by atoms with Crippen molar-refractivity contribution < 1.29 is 0 Å². The molecule has 1 unspecified atom stereocenters. The fraction of sp³-hybridized carbons (Fsp3) is 0.529. The first-order valence-corrected chi connectivity index (χ1v) is 8.80. The number of hydrogen-bond donors (Lipinski definition) is 0. The molecule has 0 bridgehead atoms. The molecule has 118 valence electrons. The van der Waals surface area contributed by atoms with Crippen LogP contribution < -0.4 is 4.90 Å². The molecule has 5 nitrogen and oxygen atoms in total. The average molecular weight is 325 g/mol. The van der Waals surface area contributed by atoms with Crippen molar-refractivity contribution in [3.63, 3.8) is 0 Å². The molecule has 0 spiro atoms. The predicted octanol–water partition coefficient (Wildman–Crippen LogP) is 3.45. The minimum atomic E-state index is 0.431. The Kier molecular flexibility index (Phi) is 4.73. The van der Waals surface area contributed by atoms with Gasteiger partial charge in [0.25, 0.3) is 0 Å². The molecule has 3 rings (SSSR count).